The molecule has 4 heteroatoms. The lowest BCUT2D eigenvalue weighted by Gasteiger charge is -2.02. The van der Waals surface area contributed by atoms with E-state index < -0.39 is 0 Å². The molecule has 0 unspecified atom stereocenters. The molecular formula is C10H11NO3. The smallest absolute Gasteiger partial charge is 0.192 e. The van der Waals surface area contributed by atoms with E-state index in [-0.39, 0.29) is 6.79 Å². The number of benzene rings is 1. The highest BCUT2D eigenvalue weighted by Crippen LogP contribution is 2.21. The van der Waals surface area contributed by atoms with Crippen molar-refractivity contribution in [1.29, 1.82) is 0 Å². The second kappa shape index (κ2) is 3.67. The van der Waals surface area contributed by atoms with E-state index in [2.05, 4.69) is 4.98 Å². The zero-order chi connectivity index (χ0) is 9.97. The number of rotatable bonds is 3. The molecule has 74 valence electrons. The number of methoxy groups -OCH3 is 1. The van der Waals surface area contributed by atoms with E-state index in [0.717, 1.165) is 16.8 Å². The monoisotopic (exact) mass is 193 g/mol. The predicted octanol–water partition coefficient (Wildman–Crippen LogP) is 2.12. The Hall–Kier alpha value is -1.55. The Labute approximate surface area is 81.4 Å². The van der Waals surface area contributed by atoms with E-state index >= 15 is 0 Å². The van der Waals surface area contributed by atoms with Gasteiger partial charge in [-0.25, -0.2) is 4.98 Å². The van der Waals surface area contributed by atoms with Crippen LogP contribution in [0, 0.1) is 6.92 Å². The molecule has 1 aromatic heterocycles. The first kappa shape index (κ1) is 9.02. The normalized spacial score (nSPS) is 10.7. The van der Waals surface area contributed by atoms with Gasteiger partial charge in [0.25, 0.3) is 0 Å². The minimum absolute atomic E-state index is 0.235. The van der Waals surface area contributed by atoms with Gasteiger partial charge >= 0.3 is 0 Å². The van der Waals surface area contributed by atoms with Gasteiger partial charge in [-0.05, 0) is 12.1 Å². The fraction of sp³-hybridized carbons (Fsp3) is 0.300. The second-order valence-electron chi connectivity index (χ2n) is 2.91. The Morgan fingerprint density at radius 1 is 1.43 bits per heavy atom. The molecule has 4 nitrogen and oxygen atoms in total. The van der Waals surface area contributed by atoms with Crippen molar-refractivity contribution in [2.45, 2.75) is 6.92 Å². The van der Waals surface area contributed by atoms with E-state index in [1.54, 1.807) is 13.2 Å². The zero-order valence-electron chi connectivity index (χ0n) is 8.11. The number of aromatic nitrogens is 1. The van der Waals surface area contributed by atoms with Crippen molar-refractivity contribution >= 4 is 11.1 Å². The summed E-state index contributed by atoms with van der Waals surface area (Å²) < 4.78 is 15.4. The molecule has 1 heterocycles. The lowest BCUT2D eigenvalue weighted by atomic mass is 10.3. The zero-order valence-corrected chi connectivity index (χ0v) is 8.11. The molecule has 2 aromatic rings. The standard InChI is InChI=1S/C10H11NO3/c1-7-11-9-4-3-8(13-6-12-2)5-10(9)14-7/h3-5H,6H2,1-2H3. The number of aryl methyl sites for hydroxylation is 1. The van der Waals surface area contributed by atoms with Crippen LogP contribution in [0.2, 0.25) is 0 Å². The number of fused-ring (bicyclic) bond motifs is 1. The van der Waals surface area contributed by atoms with Gasteiger partial charge in [-0.15, -0.1) is 0 Å². The van der Waals surface area contributed by atoms with E-state index in [0.29, 0.717) is 5.89 Å². The fourth-order valence-corrected chi connectivity index (χ4v) is 1.24. The van der Waals surface area contributed by atoms with Crippen LogP contribution in [0.3, 0.4) is 0 Å². The molecule has 2 rings (SSSR count). The molecule has 0 radical (unpaired) electrons. The molecule has 0 amide bonds. The minimum Gasteiger partial charge on any atom is -0.467 e. The van der Waals surface area contributed by atoms with Gasteiger partial charge in [-0.3, -0.25) is 0 Å². The van der Waals surface area contributed by atoms with E-state index in [1.807, 2.05) is 19.1 Å². The second-order valence-corrected chi connectivity index (χ2v) is 2.91. The first-order valence-corrected chi connectivity index (χ1v) is 4.28. The third kappa shape index (κ3) is 1.70. The van der Waals surface area contributed by atoms with Crippen molar-refractivity contribution in [3.8, 4) is 5.75 Å². The summed E-state index contributed by atoms with van der Waals surface area (Å²) in [5.74, 6) is 1.37. The molecule has 0 saturated heterocycles. The maximum atomic E-state index is 5.36. The Bertz CT molecular complexity index is 436. The van der Waals surface area contributed by atoms with Crippen LogP contribution in [0.4, 0.5) is 0 Å². The minimum atomic E-state index is 0.235. The topological polar surface area (TPSA) is 44.5 Å². The molecular weight excluding hydrogens is 182 g/mol. The van der Waals surface area contributed by atoms with Crippen molar-refractivity contribution in [3.63, 3.8) is 0 Å². The number of hydrogen-bond acceptors (Lipinski definition) is 4. The average Bonchev–Trinajstić information content (AvgIpc) is 2.54. The van der Waals surface area contributed by atoms with Crippen LogP contribution in [0.5, 0.6) is 5.75 Å². The summed E-state index contributed by atoms with van der Waals surface area (Å²) in [6, 6.07) is 5.49. The van der Waals surface area contributed by atoms with Gasteiger partial charge in [-0.2, -0.15) is 0 Å². The van der Waals surface area contributed by atoms with Crippen LogP contribution >= 0.6 is 0 Å². The van der Waals surface area contributed by atoms with Crippen LogP contribution in [0.15, 0.2) is 22.6 Å². The summed E-state index contributed by atoms with van der Waals surface area (Å²) in [7, 11) is 1.58. The molecule has 0 atom stereocenters. The quantitative estimate of drug-likeness (QED) is 0.700. The first-order valence-electron chi connectivity index (χ1n) is 4.28. The van der Waals surface area contributed by atoms with Crippen molar-refractivity contribution < 1.29 is 13.9 Å². The van der Waals surface area contributed by atoms with E-state index in [4.69, 9.17) is 13.9 Å². The van der Waals surface area contributed by atoms with Gasteiger partial charge in [0.2, 0.25) is 0 Å². The molecule has 0 fully saturated rings. The Balaban J connectivity index is 2.31. The molecule has 0 aliphatic rings. The third-order valence-electron chi connectivity index (χ3n) is 1.81. The fourth-order valence-electron chi connectivity index (χ4n) is 1.24. The van der Waals surface area contributed by atoms with Gasteiger partial charge in [-0.1, -0.05) is 0 Å². The average molecular weight is 193 g/mol. The Kier molecular flexibility index (Phi) is 2.37. The largest absolute Gasteiger partial charge is 0.467 e. The highest BCUT2D eigenvalue weighted by atomic mass is 16.7. The third-order valence-corrected chi connectivity index (χ3v) is 1.81. The summed E-state index contributed by atoms with van der Waals surface area (Å²) in [5.41, 5.74) is 1.57. The SMILES string of the molecule is COCOc1ccc2nc(C)oc2c1. The van der Waals surface area contributed by atoms with Crippen LogP contribution < -0.4 is 4.74 Å². The van der Waals surface area contributed by atoms with Crippen LogP contribution in [-0.4, -0.2) is 18.9 Å². The Morgan fingerprint density at radius 2 is 2.29 bits per heavy atom. The summed E-state index contributed by atoms with van der Waals surface area (Å²) in [5, 5.41) is 0. The summed E-state index contributed by atoms with van der Waals surface area (Å²) in [6.45, 7) is 2.05. The maximum absolute atomic E-state index is 5.36. The van der Waals surface area contributed by atoms with Gasteiger partial charge in [0.15, 0.2) is 18.3 Å². The molecule has 1 aromatic carbocycles. The van der Waals surface area contributed by atoms with Crippen molar-refractivity contribution in [2.24, 2.45) is 0 Å². The highest BCUT2D eigenvalue weighted by molar-refractivity contribution is 5.74. The molecule has 0 N–H and O–H groups in total. The van der Waals surface area contributed by atoms with Crippen LogP contribution in [0.1, 0.15) is 5.89 Å². The van der Waals surface area contributed by atoms with E-state index in [9.17, 15) is 0 Å². The number of hydrogen-bond donors (Lipinski definition) is 0. The Morgan fingerprint density at radius 3 is 3.07 bits per heavy atom. The summed E-state index contributed by atoms with van der Waals surface area (Å²) in [6.07, 6.45) is 0. The molecule has 0 aliphatic heterocycles. The first-order chi connectivity index (χ1) is 6.79. The van der Waals surface area contributed by atoms with Crippen molar-refractivity contribution in [1.82, 2.24) is 4.98 Å². The van der Waals surface area contributed by atoms with Crippen molar-refractivity contribution in [2.75, 3.05) is 13.9 Å². The maximum Gasteiger partial charge on any atom is 0.192 e. The number of oxazole rings is 1. The molecule has 0 saturated carbocycles. The predicted molar refractivity (Wildman–Crippen MR) is 51.3 cm³/mol. The van der Waals surface area contributed by atoms with Crippen molar-refractivity contribution in [3.05, 3.63) is 24.1 Å². The van der Waals surface area contributed by atoms with Crippen LogP contribution in [-0.2, 0) is 4.74 Å². The summed E-state index contributed by atoms with van der Waals surface area (Å²) >= 11 is 0. The van der Waals surface area contributed by atoms with Crippen LogP contribution in [0.25, 0.3) is 11.1 Å². The van der Waals surface area contributed by atoms with Gasteiger partial charge in [0.05, 0.1) is 0 Å². The number of nitrogens with zero attached hydrogens (tertiary/aromatic N) is 1. The molecule has 0 bridgehead atoms. The van der Waals surface area contributed by atoms with Gasteiger partial charge in [0, 0.05) is 20.1 Å². The molecule has 0 aliphatic carbocycles. The highest BCUT2D eigenvalue weighted by Gasteiger charge is 2.03. The van der Waals surface area contributed by atoms with E-state index in [1.165, 1.54) is 0 Å². The lowest BCUT2D eigenvalue weighted by molar-refractivity contribution is 0.0512. The lowest BCUT2D eigenvalue weighted by Crippen LogP contribution is -1.98. The van der Waals surface area contributed by atoms with Gasteiger partial charge in [0.1, 0.15) is 11.3 Å². The summed E-state index contributed by atoms with van der Waals surface area (Å²) in [4.78, 5) is 4.18. The number of ether oxygens (including phenoxy) is 2. The van der Waals surface area contributed by atoms with Gasteiger partial charge < -0.3 is 13.9 Å². The molecule has 14 heavy (non-hydrogen) atoms. The molecule has 0 spiro atoms.